The monoisotopic (exact) mass is 338 g/mol. The zero-order valence-corrected chi connectivity index (χ0v) is 14.7. The summed E-state index contributed by atoms with van der Waals surface area (Å²) in [5.74, 6) is 0.659. The first-order valence-electron chi connectivity index (χ1n) is 8.70. The number of benzene rings is 4. The van der Waals surface area contributed by atoms with Crippen molar-refractivity contribution in [1.82, 2.24) is 4.98 Å². The third-order valence-electron chi connectivity index (χ3n) is 4.90. The van der Waals surface area contributed by atoms with Crippen LogP contribution in [0.2, 0.25) is 0 Å². The molecule has 0 amide bonds. The summed E-state index contributed by atoms with van der Waals surface area (Å²) in [6, 6.07) is 25.0. The van der Waals surface area contributed by atoms with Gasteiger partial charge in [-0.1, -0.05) is 48.5 Å². The zero-order valence-electron chi connectivity index (χ0n) is 14.7. The molecule has 0 aliphatic rings. The van der Waals surface area contributed by atoms with E-state index in [1.54, 1.807) is 0 Å². The second-order valence-electron chi connectivity index (χ2n) is 6.73. The van der Waals surface area contributed by atoms with E-state index in [1.807, 2.05) is 20.2 Å². The lowest BCUT2D eigenvalue weighted by Crippen LogP contribution is -2.07. The molecule has 0 spiro atoms. The fraction of sp³-hybridized carbons (Fsp3) is 0.0870. The van der Waals surface area contributed by atoms with Crippen molar-refractivity contribution in [3.63, 3.8) is 0 Å². The predicted molar refractivity (Wildman–Crippen MR) is 109 cm³/mol. The van der Waals surface area contributed by atoms with E-state index in [9.17, 15) is 0 Å². The molecule has 4 aromatic carbocycles. The van der Waals surface area contributed by atoms with Gasteiger partial charge in [-0.2, -0.15) is 0 Å². The number of rotatable bonds is 2. The predicted octanol–water partition coefficient (Wildman–Crippen LogP) is 5.87. The van der Waals surface area contributed by atoms with Gasteiger partial charge in [0.15, 0.2) is 5.58 Å². The molecule has 3 nitrogen and oxygen atoms in total. The molecule has 0 fully saturated rings. The van der Waals surface area contributed by atoms with Crippen molar-refractivity contribution in [1.29, 1.82) is 0 Å². The summed E-state index contributed by atoms with van der Waals surface area (Å²) in [4.78, 5) is 6.94. The topological polar surface area (TPSA) is 29.3 Å². The molecule has 0 unspecified atom stereocenters. The molecule has 0 aliphatic carbocycles. The van der Waals surface area contributed by atoms with Crippen molar-refractivity contribution >= 4 is 38.3 Å². The van der Waals surface area contributed by atoms with Crippen LogP contribution in [0.4, 0.5) is 5.69 Å². The second kappa shape index (κ2) is 5.60. The van der Waals surface area contributed by atoms with Crippen LogP contribution in [0, 0.1) is 0 Å². The van der Waals surface area contributed by atoms with Crippen molar-refractivity contribution in [2.75, 3.05) is 19.0 Å². The molecular weight excluding hydrogens is 320 g/mol. The SMILES string of the molecule is CN(C)c1ccc(-c2nc3c4ccccc4c4ccccc4c3o2)cc1. The van der Waals surface area contributed by atoms with Crippen molar-refractivity contribution in [3.8, 4) is 11.5 Å². The van der Waals surface area contributed by atoms with Gasteiger partial charge >= 0.3 is 0 Å². The van der Waals surface area contributed by atoms with Gasteiger partial charge < -0.3 is 9.32 Å². The number of anilines is 1. The highest BCUT2D eigenvalue weighted by Crippen LogP contribution is 2.37. The first-order chi connectivity index (χ1) is 12.7. The third-order valence-corrected chi connectivity index (χ3v) is 4.90. The van der Waals surface area contributed by atoms with Crippen molar-refractivity contribution in [3.05, 3.63) is 72.8 Å². The van der Waals surface area contributed by atoms with Crippen LogP contribution in [0.3, 0.4) is 0 Å². The summed E-state index contributed by atoms with van der Waals surface area (Å²) < 4.78 is 6.25. The standard InChI is InChI=1S/C23H18N2O/c1-25(2)16-13-11-15(12-14-16)23-24-21-19-9-5-3-7-17(19)18-8-4-6-10-20(18)22(21)26-23/h3-14H,1-2H3. The minimum absolute atomic E-state index is 0.659. The third kappa shape index (κ3) is 2.17. The molecule has 0 saturated heterocycles. The van der Waals surface area contributed by atoms with E-state index in [4.69, 9.17) is 9.40 Å². The maximum absolute atomic E-state index is 6.25. The Morgan fingerprint density at radius 2 is 1.27 bits per heavy atom. The molecule has 26 heavy (non-hydrogen) atoms. The average molecular weight is 338 g/mol. The molecule has 0 atom stereocenters. The Morgan fingerprint density at radius 1 is 0.692 bits per heavy atom. The Hall–Kier alpha value is -3.33. The zero-order chi connectivity index (χ0) is 17.7. The van der Waals surface area contributed by atoms with E-state index in [0.29, 0.717) is 5.89 Å². The molecule has 1 heterocycles. The van der Waals surface area contributed by atoms with Crippen LogP contribution >= 0.6 is 0 Å². The van der Waals surface area contributed by atoms with E-state index >= 15 is 0 Å². The molecule has 126 valence electrons. The molecule has 0 aliphatic heterocycles. The van der Waals surface area contributed by atoms with Crippen LogP contribution in [0.25, 0.3) is 44.1 Å². The van der Waals surface area contributed by atoms with Crippen LogP contribution in [0.15, 0.2) is 77.2 Å². The Labute approximate surface area is 151 Å². The first kappa shape index (κ1) is 15.0. The molecule has 5 aromatic rings. The van der Waals surface area contributed by atoms with Gasteiger partial charge in [-0.25, -0.2) is 4.98 Å². The number of hydrogen-bond donors (Lipinski definition) is 0. The number of hydrogen-bond acceptors (Lipinski definition) is 3. The molecule has 3 heteroatoms. The van der Waals surface area contributed by atoms with Gasteiger partial charge in [-0.05, 0) is 35.0 Å². The highest BCUT2D eigenvalue weighted by molar-refractivity contribution is 6.22. The fourth-order valence-corrected chi connectivity index (χ4v) is 3.55. The summed E-state index contributed by atoms with van der Waals surface area (Å²) in [6.07, 6.45) is 0. The molecule has 0 radical (unpaired) electrons. The second-order valence-corrected chi connectivity index (χ2v) is 6.73. The van der Waals surface area contributed by atoms with Crippen LogP contribution in [0.5, 0.6) is 0 Å². The normalized spacial score (nSPS) is 11.5. The Morgan fingerprint density at radius 3 is 1.92 bits per heavy atom. The van der Waals surface area contributed by atoms with E-state index in [2.05, 4.69) is 71.6 Å². The molecule has 0 N–H and O–H groups in total. The lowest BCUT2D eigenvalue weighted by Gasteiger charge is -2.11. The van der Waals surface area contributed by atoms with Crippen molar-refractivity contribution in [2.24, 2.45) is 0 Å². The average Bonchev–Trinajstić information content (AvgIpc) is 3.14. The largest absolute Gasteiger partial charge is 0.435 e. The van der Waals surface area contributed by atoms with Crippen LogP contribution < -0.4 is 4.90 Å². The number of aromatic nitrogens is 1. The Balaban J connectivity index is 1.82. The van der Waals surface area contributed by atoms with Crippen LogP contribution in [0.1, 0.15) is 0 Å². The fourth-order valence-electron chi connectivity index (χ4n) is 3.55. The summed E-state index contributed by atoms with van der Waals surface area (Å²) in [5.41, 5.74) is 3.91. The number of nitrogens with zero attached hydrogens (tertiary/aromatic N) is 2. The quantitative estimate of drug-likeness (QED) is 0.377. The van der Waals surface area contributed by atoms with Crippen LogP contribution in [-0.4, -0.2) is 19.1 Å². The molecule has 1 aromatic heterocycles. The summed E-state index contributed by atoms with van der Waals surface area (Å²) in [6.45, 7) is 0. The highest BCUT2D eigenvalue weighted by Gasteiger charge is 2.15. The van der Waals surface area contributed by atoms with Gasteiger partial charge in [-0.15, -0.1) is 0 Å². The Kier molecular flexibility index (Phi) is 3.22. The van der Waals surface area contributed by atoms with Gasteiger partial charge in [0.25, 0.3) is 0 Å². The maximum atomic E-state index is 6.25. The summed E-state index contributed by atoms with van der Waals surface area (Å²) in [7, 11) is 4.07. The van der Waals surface area contributed by atoms with Crippen molar-refractivity contribution in [2.45, 2.75) is 0 Å². The van der Waals surface area contributed by atoms with Gasteiger partial charge in [0.1, 0.15) is 5.52 Å². The van der Waals surface area contributed by atoms with E-state index in [0.717, 1.165) is 33.1 Å². The molecule has 0 saturated carbocycles. The van der Waals surface area contributed by atoms with Gasteiger partial charge in [0, 0.05) is 36.1 Å². The molecular formula is C23H18N2O. The van der Waals surface area contributed by atoms with E-state index in [1.165, 1.54) is 10.8 Å². The molecule has 5 rings (SSSR count). The summed E-state index contributed by atoms with van der Waals surface area (Å²) in [5, 5.41) is 4.63. The van der Waals surface area contributed by atoms with E-state index < -0.39 is 0 Å². The van der Waals surface area contributed by atoms with E-state index in [-0.39, 0.29) is 0 Å². The maximum Gasteiger partial charge on any atom is 0.227 e. The van der Waals surface area contributed by atoms with Gasteiger partial charge in [0.2, 0.25) is 5.89 Å². The minimum atomic E-state index is 0.659. The number of fused-ring (bicyclic) bond motifs is 6. The minimum Gasteiger partial charge on any atom is -0.435 e. The lowest BCUT2D eigenvalue weighted by atomic mass is 10.0. The van der Waals surface area contributed by atoms with Crippen molar-refractivity contribution < 1.29 is 4.42 Å². The number of oxazole rings is 1. The lowest BCUT2D eigenvalue weighted by molar-refractivity contribution is 0.623. The highest BCUT2D eigenvalue weighted by atomic mass is 16.3. The first-order valence-corrected chi connectivity index (χ1v) is 8.70. The smallest absolute Gasteiger partial charge is 0.227 e. The Bertz CT molecular complexity index is 1180. The molecule has 0 bridgehead atoms. The van der Waals surface area contributed by atoms with Gasteiger partial charge in [0.05, 0.1) is 0 Å². The van der Waals surface area contributed by atoms with Crippen LogP contribution in [-0.2, 0) is 0 Å². The summed E-state index contributed by atoms with van der Waals surface area (Å²) >= 11 is 0. The van der Waals surface area contributed by atoms with Gasteiger partial charge in [-0.3, -0.25) is 0 Å².